The standard InChI is InChI=1S/C13H20N2O.ClH/c1-11-9-14-7-8-15(11)10-12-3-5-13(16-2)6-4-12;/h3-6,11,14H,7-10H2,1-2H3;1H. The summed E-state index contributed by atoms with van der Waals surface area (Å²) in [7, 11) is 1.70. The van der Waals surface area contributed by atoms with E-state index in [0.717, 1.165) is 31.9 Å². The predicted molar refractivity (Wildman–Crippen MR) is 73.0 cm³/mol. The molecule has 1 atom stereocenters. The Labute approximate surface area is 110 Å². The highest BCUT2D eigenvalue weighted by Crippen LogP contribution is 2.14. The van der Waals surface area contributed by atoms with E-state index in [9.17, 15) is 0 Å². The van der Waals surface area contributed by atoms with Gasteiger partial charge in [0, 0.05) is 32.2 Å². The zero-order chi connectivity index (χ0) is 11.4. The molecule has 2 rings (SSSR count). The molecular formula is C13H21ClN2O. The Hall–Kier alpha value is -0.770. The van der Waals surface area contributed by atoms with Gasteiger partial charge >= 0.3 is 0 Å². The Bertz CT molecular complexity index is 329. The maximum absolute atomic E-state index is 5.16. The van der Waals surface area contributed by atoms with E-state index in [4.69, 9.17) is 4.74 Å². The SMILES string of the molecule is COc1ccc(CN2CCNCC2C)cc1.Cl. The minimum absolute atomic E-state index is 0. The number of methoxy groups -OCH3 is 1. The lowest BCUT2D eigenvalue weighted by Crippen LogP contribution is -2.49. The topological polar surface area (TPSA) is 24.5 Å². The molecule has 0 aromatic heterocycles. The molecule has 0 aliphatic carbocycles. The molecule has 0 amide bonds. The zero-order valence-electron chi connectivity index (χ0n) is 10.5. The van der Waals surface area contributed by atoms with Gasteiger partial charge in [-0.25, -0.2) is 0 Å². The van der Waals surface area contributed by atoms with Crippen LogP contribution in [-0.4, -0.2) is 37.7 Å². The van der Waals surface area contributed by atoms with Crippen LogP contribution in [0.3, 0.4) is 0 Å². The van der Waals surface area contributed by atoms with Crippen LogP contribution in [0.1, 0.15) is 12.5 Å². The Morgan fingerprint density at radius 1 is 1.35 bits per heavy atom. The number of hydrogen-bond acceptors (Lipinski definition) is 3. The van der Waals surface area contributed by atoms with Crippen molar-refractivity contribution in [2.75, 3.05) is 26.7 Å². The Kier molecular flexibility index (Phi) is 5.75. The van der Waals surface area contributed by atoms with E-state index in [1.54, 1.807) is 7.11 Å². The van der Waals surface area contributed by atoms with Gasteiger partial charge < -0.3 is 10.1 Å². The molecule has 1 aliphatic rings. The predicted octanol–water partition coefficient (Wildman–Crippen LogP) is 1.91. The van der Waals surface area contributed by atoms with Crippen LogP contribution in [0, 0.1) is 0 Å². The zero-order valence-corrected chi connectivity index (χ0v) is 11.3. The molecule has 1 aliphatic heterocycles. The van der Waals surface area contributed by atoms with Crippen molar-refractivity contribution in [1.82, 2.24) is 10.2 Å². The molecule has 0 bridgehead atoms. The van der Waals surface area contributed by atoms with Gasteiger partial charge in [-0.3, -0.25) is 4.90 Å². The molecule has 1 N–H and O–H groups in total. The van der Waals surface area contributed by atoms with Crippen molar-refractivity contribution >= 4 is 12.4 Å². The Morgan fingerprint density at radius 2 is 2.06 bits per heavy atom. The van der Waals surface area contributed by atoms with Crippen LogP contribution in [-0.2, 0) is 6.54 Å². The number of hydrogen-bond donors (Lipinski definition) is 1. The maximum Gasteiger partial charge on any atom is 0.118 e. The highest BCUT2D eigenvalue weighted by atomic mass is 35.5. The largest absolute Gasteiger partial charge is 0.497 e. The number of nitrogens with one attached hydrogen (secondary N) is 1. The van der Waals surface area contributed by atoms with Gasteiger partial charge in [-0.05, 0) is 24.6 Å². The second kappa shape index (κ2) is 6.84. The normalized spacial score (nSPS) is 20.7. The lowest BCUT2D eigenvalue weighted by Gasteiger charge is -2.33. The average molecular weight is 257 g/mol. The highest BCUT2D eigenvalue weighted by Gasteiger charge is 2.17. The van der Waals surface area contributed by atoms with Gasteiger partial charge in [-0.2, -0.15) is 0 Å². The molecule has 0 radical (unpaired) electrons. The van der Waals surface area contributed by atoms with Crippen molar-refractivity contribution in [3.8, 4) is 5.75 Å². The quantitative estimate of drug-likeness (QED) is 0.894. The van der Waals surface area contributed by atoms with E-state index in [-0.39, 0.29) is 12.4 Å². The first-order valence-electron chi connectivity index (χ1n) is 5.87. The van der Waals surface area contributed by atoms with Gasteiger partial charge in [-0.15, -0.1) is 12.4 Å². The van der Waals surface area contributed by atoms with E-state index in [0.29, 0.717) is 6.04 Å². The van der Waals surface area contributed by atoms with Crippen molar-refractivity contribution in [1.29, 1.82) is 0 Å². The van der Waals surface area contributed by atoms with Crippen LogP contribution in [0.5, 0.6) is 5.75 Å². The van der Waals surface area contributed by atoms with Crippen molar-refractivity contribution in [3.05, 3.63) is 29.8 Å². The first-order valence-corrected chi connectivity index (χ1v) is 5.87. The summed E-state index contributed by atoms with van der Waals surface area (Å²) in [6, 6.07) is 8.97. The summed E-state index contributed by atoms with van der Waals surface area (Å²) < 4.78 is 5.16. The molecule has 1 fully saturated rings. The molecule has 4 heteroatoms. The monoisotopic (exact) mass is 256 g/mol. The number of rotatable bonds is 3. The minimum atomic E-state index is 0. The first-order chi connectivity index (χ1) is 7.79. The molecule has 1 unspecified atom stereocenters. The fraction of sp³-hybridized carbons (Fsp3) is 0.538. The van der Waals surface area contributed by atoms with Gasteiger partial charge in [0.25, 0.3) is 0 Å². The van der Waals surface area contributed by atoms with Crippen molar-refractivity contribution in [2.45, 2.75) is 19.5 Å². The van der Waals surface area contributed by atoms with Crippen molar-refractivity contribution in [3.63, 3.8) is 0 Å². The minimum Gasteiger partial charge on any atom is -0.497 e. The lowest BCUT2D eigenvalue weighted by atomic mass is 10.1. The van der Waals surface area contributed by atoms with E-state index >= 15 is 0 Å². The molecule has 96 valence electrons. The fourth-order valence-electron chi connectivity index (χ4n) is 2.08. The third-order valence-electron chi connectivity index (χ3n) is 3.18. The molecular weight excluding hydrogens is 236 g/mol. The second-order valence-corrected chi connectivity index (χ2v) is 4.37. The third-order valence-corrected chi connectivity index (χ3v) is 3.18. The summed E-state index contributed by atoms with van der Waals surface area (Å²) in [4.78, 5) is 2.51. The van der Waals surface area contributed by atoms with Gasteiger partial charge in [0.05, 0.1) is 7.11 Å². The van der Waals surface area contributed by atoms with Crippen molar-refractivity contribution in [2.24, 2.45) is 0 Å². The molecule has 1 aromatic carbocycles. The number of nitrogens with zero attached hydrogens (tertiary/aromatic N) is 1. The van der Waals surface area contributed by atoms with Crippen LogP contribution >= 0.6 is 12.4 Å². The summed E-state index contributed by atoms with van der Waals surface area (Å²) in [5, 5.41) is 3.41. The van der Waals surface area contributed by atoms with E-state index < -0.39 is 0 Å². The molecule has 1 heterocycles. The molecule has 0 saturated carbocycles. The number of ether oxygens (including phenoxy) is 1. The summed E-state index contributed by atoms with van der Waals surface area (Å²) >= 11 is 0. The molecule has 17 heavy (non-hydrogen) atoms. The maximum atomic E-state index is 5.16. The fourth-order valence-corrected chi connectivity index (χ4v) is 2.08. The summed E-state index contributed by atoms with van der Waals surface area (Å²) in [5.74, 6) is 0.928. The van der Waals surface area contributed by atoms with Crippen LogP contribution in [0.25, 0.3) is 0 Å². The van der Waals surface area contributed by atoms with Gasteiger partial charge in [0.2, 0.25) is 0 Å². The van der Waals surface area contributed by atoms with Crippen LogP contribution < -0.4 is 10.1 Å². The number of piperazine rings is 1. The Balaban J connectivity index is 0.00000144. The second-order valence-electron chi connectivity index (χ2n) is 4.37. The van der Waals surface area contributed by atoms with Crippen LogP contribution in [0.15, 0.2) is 24.3 Å². The van der Waals surface area contributed by atoms with Gasteiger partial charge in [-0.1, -0.05) is 12.1 Å². The third kappa shape index (κ3) is 3.87. The smallest absolute Gasteiger partial charge is 0.118 e. The van der Waals surface area contributed by atoms with E-state index in [1.165, 1.54) is 5.56 Å². The molecule has 0 spiro atoms. The van der Waals surface area contributed by atoms with E-state index in [2.05, 4.69) is 29.3 Å². The number of halogens is 1. The van der Waals surface area contributed by atoms with E-state index in [1.807, 2.05) is 12.1 Å². The van der Waals surface area contributed by atoms with Gasteiger partial charge in [0.1, 0.15) is 5.75 Å². The van der Waals surface area contributed by atoms with Crippen LogP contribution in [0.2, 0.25) is 0 Å². The number of benzene rings is 1. The molecule has 1 saturated heterocycles. The average Bonchev–Trinajstić information content (AvgIpc) is 2.33. The highest BCUT2D eigenvalue weighted by molar-refractivity contribution is 5.85. The summed E-state index contributed by atoms with van der Waals surface area (Å²) in [6.07, 6.45) is 0. The Morgan fingerprint density at radius 3 is 2.65 bits per heavy atom. The van der Waals surface area contributed by atoms with Crippen LogP contribution in [0.4, 0.5) is 0 Å². The molecule has 3 nitrogen and oxygen atoms in total. The summed E-state index contributed by atoms with van der Waals surface area (Å²) in [6.45, 7) is 6.63. The first kappa shape index (κ1) is 14.3. The van der Waals surface area contributed by atoms with Crippen molar-refractivity contribution < 1.29 is 4.74 Å². The summed E-state index contributed by atoms with van der Waals surface area (Å²) in [5.41, 5.74) is 1.36. The lowest BCUT2D eigenvalue weighted by molar-refractivity contribution is 0.165. The van der Waals surface area contributed by atoms with Gasteiger partial charge in [0.15, 0.2) is 0 Å². The molecule has 1 aromatic rings.